The number of nitrogens with zero attached hydrogens (tertiary/aromatic N) is 3. The second kappa shape index (κ2) is 8.61. The molecular weight excluding hydrogens is 406 g/mol. The number of benzene rings is 2. The zero-order valence-corrected chi connectivity index (χ0v) is 17.7. The van der Waals surface area contributed by atoms with Gasteiger partial charge in [-0.05, 0) is 54.2 Å². The molecule has 0 N–H and O–H groups in total. The van der Waals surface area contributed by atoms with E-state index in [9.17, 15) is 9.59 Å². The molecule has 0 aromatic heterocycles. The Hall–Kier alpha value is -2.28. The summed E-state index contributed by atoms with van der Waals surface area (Å²) in [6, 6.07) is 15.2. The monoisotopic (exact) mass is 427 g/mol. The molecule has 2 aromatic carbocycles. The van der Waals surface area contributed by atoms with Gasteiger partial charge in [-0.3, -0.25) is 14.5 Å². The second-order valence-corrected chi connectivity index (χ2v) is 8.67. The van der Waals surface area contributed by atoms with Crippen LogP contribution in [-0.2, 0) is 11.3 Å². The van der Waals surface area contributed by atoms with E-state index in [4.69, 9.17) is 11.6 Å². The first-order valence-electron chi connectivity index (χ1n) is 9.53. The Morgan fingerprint density at radius 3 is 2.41 bits per heavy atom. The first kappa shape index (κ1) is 20.0. The number of likely N-dealkylation sites (N-methyl/N-ethyl adjacent to an activating group) is 1. The summed E-state index contributed by atoms with van der Waals surface area (Å²) in [5.74, 6) is -0.247. The van der Waals surface area contributed by atoms with Crippen LogP contribution in [0.4, 0.5) is 10.5 Å². The van der Waals surface area contributed by atoms with Crippen molar-refractivity contribution < 1.29 is 9.59 Å². The van der Waals surface area contributed by atoms with Gasteiger partial charge in [0.15, 0.2) is 0 Å². The largest absolute Gasteiger partial charge is 0.368 e. The van der Waals surface area contributed by atoms with Gasteiger partial charge < -0.3 is 9.80 Å². The number of halogens is 1. The predicted molar refractivity (Wildman–Crippen MR) is 119 cm³/mol. The molecule has 150 valence electrons. The van der Waals surface area contributed by atoms with Crippen molar-refractivity contribution in [1.29, 1.82) is 0 Å². The summed E-state index contributed by atoms with van der Waals surface area (Å²) in [7, 11) is 2.12. The van der Waals surface area contributed by atoms with Gasteiger partial charge in [0.25, 0.3) is 11.1 Å². The number of carbonyl (C=O) groups is 2. The van der Waals surface area contributed by atoms with Gasteiger partial charge in [0.1, 0.15) is 0 Å². The minimum Gasteiger partial charge on any atom is -0.368 e. The van der Waals surface area contributed by atoms with E-state index in [2.05, 4.69) is 22.9 Å². The van der Waals surface area contributed by atoms with Gasteiger partial charge in [-0.1, -0.05) is 41.9 Å². The lowest BCUT2D eigenvalue weighted by atomic mass is 10.1. The molecule has 5 nitrogen and oxygen atoms in total. The van der Waals surface area contributed by atoms with Crippen LogP contribution in [0.3, 0.4) is 0 Å². The topological polar surface area (TPSA) is 43.9 Å². The van der Waals surface area contributed by atoms with Crippen molar-refractivity contribution in [3.8, 4) is 0 Å². The average molecular weight is 428 g/mol. The molecule has 0 atom stereocenters. The lowest BCUT2D eigenvalue weighted by Gasteiger charge is -2.34. The van der Waals surface area contributed by atoms with Crippen LogP contribution >= 0.6 is 23.4 Å². The molecule has 2 fully saturated rings. The molecule has 0 bridgehead atoms. The Labute approximate surface area is 179 Å². The highest BCUT2D eigenvalue weighted by molar-refractivity contribution is 8.18. The molecule has 0 saturated carbocycles. The van der Waals surface area contributed by atoms with Crippen LogP contribution in [0, 0.1) is 0 Å². The number of anilines is 1. The number of thioether (sulfide) groups is 1. The van der Waals surface area contributed by atoms with Crippen LogP contribution in [-0.4, -0.2) is 54.2 Å². The number of hydrogen-bond donors (Lipinski definition) is 0. The standard InChI is InChI=1S/C22H22ClN3O2S/c1-24-10-12-25(13-11-24)19-5-3-2-4-17(19)14-20-21(27)26(22(28)29-20)15-16-6-8-18(23)9-7-16/h2-9,14H,10-13,15H2,1H3. The minimum atomic E-state index is -0.247. The number of amides is 2. The highest BCUT2D eigenvalue weighted by Crippen LogP contribution is 2.35. The molecule has 0 radical (unpaired) electrons. The number of rotatable bonds is 4. The highest BCUT2D eigenvalue weighted by atomic mass is 35.5. The third kappa shape index (κ3) is 4.50. The first-order valence-corrected chi connectivity index (χ1v) is 10.7. The molecule has 7 heteroatoms. The lowest BCUT2D eigenvalue weighted by Crippen LogP contribution is -2.44. The highest BCUT2D eigenvalue weighted by Gasteiger charge is 2.35. The van der Waals surface area contributed by atoms with E-state index in [-0.39, 0.29) is 17.7 Å². The normalized spacial score (nSPS) is 19.4. The molecular formula is C22H22ClN3O2S. The Balaban J connectivity index is 1.55. The Morgan fingerprint density at radius 2 is 1.69 bits per heavy atom. The SMILES string of the molecule is CN1CCN(c2ccccc2C=C2SC(=O)N(Cc3ccc(Cl)cc3)C2=O)CC1. The first-order chi connectivity index (χ1) is 14.0. The molecule has 0 aliphatic carbocycles. The summed E-state index contributed by atoms with van der Waals surface area (Å²) in [4.78, 5) is 31.8. The van der Waals surface area contributed by atoms with Crippen LogP contribution < -0.4 is 4.90 Å². The fourth-order valence-corrected chi connectivity index (χ4v) is 4.45. The van der Waals surface area contributed by atoms with Crippen molar-refractivity contribution in [2.24, 2.45) is 0 Å². The fourth-order valence-electron chi connectivity index (χ4n) is 3.49. The smallest absolute Gasteiger partial charge is 0.293 e. The van der Waals surface area contributed by atoms with Crippen LogP contribution in [0.15, 0.2) is 53.4 Å². The van der Waals surface area contributed by atoms with Crippen molar-refractivity contribution in [3.05, 3.63) is 69.6 Å². The van der Waals surface area contributed by atoms with Crippen molar-refractivity contribution in [2.45, 2.75) is 6.54 Å². The van der Waals surface area contributed by atoms with Crippen LogP contribution in [0.1, 0.15) is 11.1 Å². The third-order valence-corrected chi connectivity index (χ3v) is 6.35. The summed E-state index contributed by atoms with van der Waals surface area (Å²) >= 11 is 6.92. The predicted octanol–water partition coefficient (Wildman–Crippen LogP) is 4.33. The van der Waals surface area contributed by atoms with E-state index < -0.39 is 0 Å². The number of carbonyl (C=O) groups excluding carboxylic acids is 2. The van der Waals surface area contributed by atoms with Gasteiger partial charge in [-0.25, -0.2) is 0 Å². The molecule has 4 rings (SSSR count). The molecule has 0 spiro atoms. The maximum Gasteiger partial charge on any atom is 0.293 e. The number of hydrogen-bond acceptors (Lipinski definition) is 5. The van der Waals surface area contributed by atoms with Gasteiger partial charge in [0.2, 0.25) is 0 Å². The van der Waals surface area contributed by atoms with Crippen LogP contribution in [0.25, 0.3) is 6.08 Å². The van der Waals surface area contributed by atoms with E-state index in [0.717, 1.165) is 54.8 Å². The van der Waals surface area contributed by atoms with Gasteiger partial charge in [-0.15, -0.1) is 0 Å². The van der Waals surface area contributed by atoms with E-state index in [1.165, 1.54) is 4.90 Å². The van der Waals surface area contributed by atoms with E-state index in [1.54, 1.807) is 12.1 Å². The van der Waals surface area contributed by atoms with Crippen LogP contribution in [0.5, 0.6) is 0 Å². The zero-order chi connectivity index (χ0) is 20.4. The van der Waals surface area contributed by atoms with Crippen molar-refractivity contribution >= 4 is 46.3 Å². The Bertz CT molecular complexity index is 953. The number of imide groups is 1. The Morgan fingerprint density at radius 1 is 1.00 bits per heavy atom. The van der Waals surface area contributed by atoms with Gasteiger partial charge in [0, 0.05) is 36.9 Å². The van der Waals surface area contributed by atoms with E-state index in [0.29, 0.717) is 9.93 Å². The van der Waals surface area contributed by atoms with Crippen molar-refractivity contribution in [3.63, 3.8) is 0 Å². The molecule has 29 heavy (non-hydrogen) atoms. The summed E-state index contributed by atoms with van der Waals surface area (Å²) < 4.78 is 0. The fraction of sp³-hybridized carbons (Fsp3) is 0.273. The minimum absolute atomic E-state index is 0.242. The van der Waals surface area contributed by atoms with Gasteiger partial charge in [0.05, 0.1) is 11.4 Å². The molecule has 2 amide bonds. The van der Waals surface area contributed by atoms with Crippen LogP contribution in [0.2, 0.25) is 5.02 Å². The van der Waals surface area contributed by atoms with Gasteiger partial charge >= 0.3 is 0 Å². The molecule has 0 unspecified atom stereocenters. The second-order valence-electron chi connectivity index (χ2n) is 7.24. The number of para-hydroxylation sites is 1. The Kier molecular flexibility index (Phi) is 5.94. The molecule has 2 aliphatic rings. The summed E-state index contributed by atoms with van der Waals surface area (Å²) in [6.45, 7) is 4.15. The maximum atomic E-state index is 12.9. The quantitative estimate of drug-likeness (QED) is 0.679. The number of piperazine rings is 1. The van der Waals surface area contributed by atoms with Crippen molar-refractivity contribution in [2.75, 3.05) is 38.1 Å². The maximum absolute atomic E-state index is 12.9. The molecule has 2 heterocycles. The molecule has 2 saturated heterocycles. The summed E-state index contributed by atoms with van der Waals surface area (Å²) in [5.41, 5.74) is 2.94. The third-order valence-electron chi connectivity index (χ3n) is 5.19. The zero-order valence-electron chi connectivity index (χ0n) is 16.2. The average Bonchev–Trinajstić information content (AvgIpc) is 2.98. The van der Waals surface area contributed by atoms with E-state index in [1.807, 2.05) is 36.4 Å². The van der Waals surface area contributed by atoms with Gasteiger partial charge in [-0.2, -0.15) is 0 Å². The van der Waals surface area contributed by atoms with E-state index >= 15 is 0 Å². The lowest BCUT2D eigenvalue weighted by molar-refractivity contribution is -0.123. The van der Waals surface area contributed by atoms with Crippen molar-refractivity contribution in [1.82, 2.24) is 9.80 Å². The summed E-state index contributed by atoms with van der Waals surface area (Å²) in [5, 5.41) is 0.386. The molecule has 2 aliphatic heterocycles. The summed E-state index contributed by atoms with van der Waals surface area (Å²) in [6.07, 6.45) is 1.85. The molecule has 2 aromatic rings.